The van der Waals surface area contributed by atoms with Crippen molar-refractivity contribution in [3.63, 3.8) is 0 Å². The number of esters is 1. The number of benzene rings is 1. The molecule has 0 aliphatic carbocycles. The van der Waals surface area contributed by atoms with Crippen LogP contribution >= 0.6 is 38.5 Å². The van der Waals surface area contributed by atoms with Gasteiger partial charge in [0.2, 0.25) is 0 Å². The van der Waals surface area contributed by atoms with E-state index in [1.54, 1.807) is 0 Å². The molecule has 0 bridgehead atoms. The summed E-state index contributed by atoms with van der Waals surface area (Å²) < 4.78 is 6.54. The first-order chi connectivity index (χ1) is 6.06. The van der Waals surface area contributed by atoms with Gasteiger partial charge in [-0.3, -0.25) is 0 Å². The van der Waals surface area contributed by atoms with Crippen molar-refractivity contribution in [1.82, 2.24) is 0 Å². The largest absolute Gasteiger partial charge is 0.465 e. The Bertz CT molecular complexity index is 326. The van der Waals surface area contributed by atoms with Gasteiger partial charge in [-0.15, -0.1) is 0 Å². The van der Waals surface area contributed by atoms with E-state index >= 15 is 0 Å². The van der Waals surface area contributed by atoms with Crippen LogP contribution in [0.5, 0.6) is 0 Å². The maximum absolute atomic E-state index is 11.3. The average molecular weight is 355 g/mol. The summed E-state index contributed by atoms with van der Waals surface area (Å²) in [5.74, 6) is -0.305. The summed E-state index contributed by atoms with van der Waals surface area (Å²) in [6.45, 7) is 1.89. The molecule has 0 unspecified atom stereocenters. The molecular formula is C9H8BrIO2. The number of methoxy groups -OCH3 is 1. The maximum atomic E-state index is 11.3. The van der Waals surface area contributed by atoms with Crippen molar-refractivity contribution in [2.75, 3.05) is 7.11 Å². The molecule has 2 nitrogen and oxygen atoms in total. The Morgan fingerprint density at radius 2 is 2.15 bits per heavy atom. The third-order valence-corrected chi connectivity index (χ3v) is 2.89. The average Bonchev–Trinajstić information content (AvgIpc) is 2.02. The van der Waals surface area contributed by atoms with Crippen LogP contribution in [0, 0.1) is 10.5 Å². The number of hydrogen-bond acceptors (Lipinski definition) is 2. The van der Waals surface area contributed by atoms with Crippen LogP contribution < -0.4 is 0 Å². The maximum Gasteiger partial charge on any atom is 0.339 e. The van der Waals surface area contributed by atoms with Crippen molar-refractivity contribution in [1.29, 1.82) is 0 Å². The summed E-state index contributed by atoms with van der Waals surface area (Å²) in [6.07, 6.45) is 0. The number of hydrogen-bond donors (Lipinski definition) is 0. The van der Waals surface area contributed by atoms with Crippen LogP contribution in [0.15, 0.2) is 16.6 Å². The Labute approximate surface area is 98.9 Å². The highest BCUT2D eigenvalue weighted by atomic mass is 127. The molecule has 13 heavy (non-hydrogen) atoms. The zero-order chi connectivity index (χ0) is 10.0. The van der Waals surface area contributed by atoms with Gasteiger partial charge < -0.3 is 4.74 Å². The van der Waals surface area contributed by atoms with Crippen molar-refractivity contribution in [2.45, 2.75) is 6.92 Å². The van der Waals surface area contributed by atoms with Gasteiger partial charge in [0.05, 0.1) is 12.7 Å². The molecule has 0 heterocycles. The fourth-order valence-corrected chi connectivity index (χ4v) is 2.99. The quantitative estimate of drug-likeness (QED) is 0.572. The number of aryl methyl sites for hydroxylation is 1. The molecule has 0 radical (unpaired) electrons. The van der Waals surface area contributed by atoms with Crippen molar-refractivity contribution < 1.29 is 9.53 Å². The summed E-state index contributed by atoms with van der Waals surface area (Å²) in [7, 11) is 1.38. The zero-order valence-electron chi connectivity index (χ0n) is 7.23. The molecule has 1 aromatic rings. The summed E-state index contributed by atoms with van der Waals surface area (Å²) in [6, 6.07) is 3.83. The number of rotatable bonds is 1. The van der Waals surface area contributed by atoms with Crippen molar-refractivity contribution >= 4 is 44.5 Å². The Morgan fingerprint density at radius 1 is 1.54 bits per heavy atom. The van der Waals surface area contributed by atoms with Gasteiger partial charge in [-0.05, 0) is 63.1 Å². The fraction of sp³-hybridized carbons (Fsp3) is 0.222. The number of carbonyl (C=O) groups excluding carboxylic acids is 1. The zero-order valence-corrected chi connectivity index (χ0v) is 11.0. The monoisotopic (exact) mass is 354 g/mol. The van der Waals surface area contributed by atoms with E-state index in [2.05, 4.69) is 43.3 Å². The molecule has 0 aliphatic rings. The number of ether oxygens (including phenoxy) is 1. The predicted molar refractivity (Wildman–Crippen MR) is 62.9 cm³/mol. The normalized spacial score (nSPS) is 9.85. The van der Waals surface area contributed by atoms with E-state index in [1.165, 1.54) is 7.11 Å². The molecule has 70 valence electrons. The molecule has 4 heteroatoms. The Kier molecular flexibility index (Phi) is 3.73. The van der Waals surface area contributed by atoms with Crippen molar-refractivity contribution in [3.8, 4) is 0 Å². The van der Waals surface area contributed by atoms with Crippen LogP contribution in [0.25, 0.3) is 0 Å². The standard InChI is InChI=1S/C9H8BrIO2/c1-5-3-6(11)4-7(10)8(5)9(12)13-2/h3-4H,1-2H3. The first-order valence-corrected chi connectivity index (χ1v) is 5.47. The number of halogens is 2. The van der Waals surface area contributed by atoms with Crippen LogP contribution in [0.3, 0.4) is 0 Å². The van der Waals surface area contributed by atoms with Gasteiger partial charge in [0, 0.05) is 8.04 Å². The number of carbonyl (C=O) groups is 1. The first-order valence-electron chi connectivity index (χ1n) is 3.60. The van der Waals surface area contributed by atoms with Crippen LogP contribution in [0.2, 0.25) is 0 Å². The van der Waals surface area contributed by atoms with Crippen molar-refractivity contribution in [3.05, 3.63) is 31.3 Å². The Morgan fingerprint density at radius 3 is 2.62 bits per heavy atom. The van der Waals surface area contributed by atoms with E-state index in [9.17, 15) is 4.79 Å². The molecular weight excluding hydrogens is 347 g/mol. The van der Waals surface area contributed by atoms with Crippen LogP contribution in [-0.4, -0.2) is 13.1 Å². The van der Waals surface area contributed by atoms with E-state index in [1.807, 2.05) is 19.1 Å². The molecule has 0 saturated carbocycles. The highest BCUT2D eigenvalue weighted by Crippen LogP contribution is 2.24. The van der Waals surface area contributed by atoms with Gasteiger partial charge in [-0.1, -0.05) is 0 Å². The molecule has 0 N–H and O–H groups in total. The van der Waals surface area contributed by atoms with Crippen LogP contribution in [0.4, 0.5) is 0 Å². The third kappa shape index (κ3) is 2.43. The molecule has 0 amide bonds. The molecule has 1 rings (SSSR count). The lowest BCUT2D eigenvalue weighted by atomic mass is 10.1. The molecule has 1 aromatic carbocycles. The van der Waals surface area contributed by atoms with E-state index < -0.39 is 0 Å². The second-order valence-corrected chi connectivity index (χ2v) is 4.67. The Hall–Kier alpha value is -0.100. The van der Waals surface area contributed by atoms with Gasteiger partial charge in [-0.2, -0.15) is 0 Å². The molecule has 0 aliphatic heterocycles. The van der Waals surface area contributed by atoms with Gasteiger partial charge >= 0.3 is 5.97 Å². The van der Waals surface area contributed by atoms with Gasteiger partial charge in [0.25, 0.3) is 0 Å². The van der Waals surface area contributed by atoms with Gasteiger partial charge in [0.15, 0.2) is 0 Å². The predicted octanol–water partition coefficient (Wildman–Crippen LogP) is 3.15. The third-order valence-electron chi connectivity index (χ3n) is 1.64. The van der Waals surface area contributed by atoms with Crippen molar-refractivity contribution in [2.24, 2.45) is 0 Å². The lowest BCUT2D eigenvalue weighted by molar-refractivity contribution is 0.0599. The second-order valence-electron chi connectivity index (χ2n) is 2.57. The Balaban J connectivity index is 3.28. The molecule has 0 fully saturated rings. The lowest BCUT2D eigenvalue weighted by Crippen LogP contribution is -2.05. The lowest BCUT2D eigenvalue weighted by Gasteiger charge is -2.06. The molecule has 0 saturated heterocycles. The minimum Gasteiger partial charge on any atom is -0.465 e. The minimum atomic E-state index is -0.305. The van der Waals surface area contributed by atoms with E-state index in [-0.39, 0.29) is 5.97 Å². The molecule has 0 spiro atoms. The van der Waals surface area contributed by atoms with E-state index in [0.717, 1.165) is 13.6 Å². The summed E-state index contributed by atoms with van der Waals surface area (Å²) in [4.78, 5) is 11.3. The van der Waals surface area contributed by atoms with E-state index in [0.29, 0.717) is 5.56 Å². The van der Waals surface area contributed by atoms with Crippen LogP contribution in [0.1, 0.15) is 15.9 Å². The fourth-order valence-electron chi connectivity index (χ4n) is 1.06. The highest BCUT2D eigenvalue weighted by Gasteiger charge is 2.13. The first kappa shape index (κ1) is 11.0. The molecule has 0 aromatic heterocycles. The van der Waals surface area contributed by atoms with Gasteiger partial charge in [0.1, 0.15) is 0 Å². The van der Waals surface area contributed by atoms with Crippen LogP contribution in [-0.2, 0) is 4.74 Å². The second kappa shape index (κ2) is 4.41. The SMILES string of the molecule is COC(=O)c1c(C)cc(I)cc1Br. The summed E-state index contributed by atoms with van der Waals surface area (Å²) >= 11 is 5.53. The molecule has 0 atom stereocenters. The van der Waals surface area contributed by atoms with E-state index in [4.69, 9.17) is 0 Å². The smallest absolute Gasteiger partial charge is 0.339 e. The summed E-state index contributed by atoms with van der Waals surface area (Å²) in [5, 5.41) is 0. The summed E-state index contributed by atoms with van der Waals surface area (Å²) in [5.41, 5.74) is 1.52. The van der Waals surface area contributed by atoms with Gasteiger partial charge in [-0.25, -0.2) is 4.79 Å². The topological polar surface area (TPSA) is 26.3 Å². The highest BCUT2D eigenvalue weighted by molar-refractivity contribution is 14.1. The minimum absolute atomic E-state index is 0.305.